The molecule has 0 aliphatic rings. The number of aliphatic hydroxyl groups excluding tert-OH is 1. The molecule has 0 radical (unpaired) electrons. The van der Waals surface area contributed by atoms with Crippen LogP contribution in [0.1, 0.15) is 13.3 Å². The average Bonchev–Trinajstić information content (AvgIpc) is 2.34. The SMILES string of the molecule is C[C@@H](O)CCn1cccn1. The van der Waals surface area contributed by atoms with Crippen LogP contribution in [0.3, 0.4) is 0 Å². The summed E-state index contributed by atoms with van der Waals surface area (Å²) >= 11 is 0. The van der Waals surface area contributed by atoms with Crippen molar-refractivity contribution in [1.29, 1.82) is 0 Å². The van der Waals surface area contributed by atoms with E-state index in [1.54, 1.807) is 13.1 Å². The van der Waals surface area contributed by atoms with E-state index in [1.165, 1.54) is 0 Å². The standard InChI is InChI=1S/C7H12N2O/c1-7(10)3-6-9-5-2-4-8-9/h2,4-5,7,10H,3,6H2,1H3/t7-/m1/s1. The van der Waals surface area contributed by atoms with E-state index < -0.39 is 0 Å². The molecule has 0 spiro atoms. The summed E-state index contributed by atoms with van der Waals surface area (Å²) in [6, 6.07) is 1.88. The highest BCUT2D eigenvalue weighted by Gasteiger charge is 1.95. The highest BCUT2D eigenvalue weighted by Crippen LogP contribution is 1.93. The molecule has 0 aromatic carbocycles. The van der Waals surface area contributed by atoms with Crippen molar-refractivity contribution in [1.82, 2.24) is 9.78 Å². The fraction of sp³-hybridized carbons (Fsp3) is 0.571. The molecule has 0 aliphatic carbocycles. The van der Waals surface area contributed by atoms with Crippen LogP contribution in [0.25, 0.3) is 0 Å². The number of hydrogen-bond donors (Lipinski definition) is 1. The Morgan fingerprint density at radius 3 is 3.00 bits per heavy atom. The fourth-order valence-corrected chi connectivity index (χ4v) is 0.752. The van der Waals surface area contributed by atoms with Crippen LogP contribution in [0.2, 0.25) is 0 Å². The minimum atomic E-state index is -0.232. The zero-order chi connectivity index (χ0) is 7.40. The second-order valence-electron chi connectivity index (χ2n) is 2.41. The van der Waals surface area contributed by atoms with E-state index in [0.717, 1.165) is 13.0 Å². The van der Waals surface area contributed by atoms with Gasteiger partial charge in [0.2, 0.25) is 0 Å². The molecule has 1 N–H and O–H groups in total. The van der Waals surface area contributed by atoms with Gasteiger partial charge in [-0.3, -0.25) is 4.68 Å². The van der Waals surface area contributed by atoms with Gasteiger partial charge in [0, 0.05) is 18.9 Å². The number of nitrogens with zero attached hydrogens (tertiary/aromatic N) is 2. The molecule has 0 aliphatic heterocycles. The summed E-state index contributed by atoms with van der Waals surface area (Å²) in [5.74, 6) is 0. The predicted octanol–water partition coefficient (Wildman–Crippen LogP) is 0.654. The first-order chi connectivity index (χ1) is 4.79. The predicted molar refractivity (Wildman–Crippen MR) is 38.5 cm³/mol. The monoisotopic (exact) mass is 140 g/mol. The highest BCUT2D eigenvalue weighted by atomic mass is 16.3. The minimum absolute atomic E-state index is 0.232. The fourth-order valence-electron chi connectivity index (χ4n) is 0.752. The van der Waals surface area contributed by atoms with Gasteiger partial charge in [-0.25, -0.2) is 0 Å². The Bertz CT molecular complexity index is 170. The molecule has 0 bridgehead atoms. The first-order valence-electron chi connectivity index (χ1n) is 3.44. The molecule has 56 valence electrons. The van der Waals surface area contributed by atoms with Gasteiger partial charge in [-0.2, -0.15) is 5.10 Å². The molecule has 1 aromatic heterocycles. The van der Waals surface area contributed by atoms with Crippen molar-refractivity contribution in [3.05, 3.63) is 18.5 Å². The quantitative estimate of drug-likeness (QED) is 0.669. The van der Waals surface area contributed by atoms with Crippen molar-refractivity contribution in [3.8, 4) is 0 Å². The number of aryl methyl sites for hydroxylation is 1. The Hall–Kier alpha value is -0.830. The van der Waals surface area contributed by atoms with Crippen LogP contribution >= 0.6 is 0 Å². The van der Waals surface area contributed by atoms with Crippen LogP contribution in [0.5, 0.6) is 0 Å². The summed E-state index contributed by atoms with van der Waals surface area (Å²) in [7, 11) is 0. The summed E-state index contributed by atoms with van der Waals surface area (Å²) in [4.78, 5) is 0. The van der Waals surface area contributed by atoms with Crippen molar-refractivity contribution in [2.45, 2.75) is 26.0 Å². The zero-order valence-corrected chi connectivity index (χ0v) is 6.07. The van der Waals surface area contributed by atoms with Crippen molar-refractivity contribution >= 4 is 0 Å². The van der Waals surface area contributed by atoms with E-state index >= 15 is 0 Å². The average molecular weight is 140 g/mol. The minimum Gasteiger partial charge on any atom is -0.393 e. The second-order valence-corrected chi connectivity index (χ2v) is 2.41. The highest BCUT2D eigenvalue weighted by molar-refractivity contribution is 4.77. The molecule has 0 fully saturated rings. The molecule has 0 saturated carbocycles. The smallest absolute Gasteiger partial charge is 0.0529 e. The lowest BCUT2D eigenvalue weighted by Gasteiger charge is -2.02. The topological polar surface area (TPSA) is 38.0 Å². The summed E-state index contributed by atoms with van der Waals surface area (Å²) in [5.41, 5.74) is 0. The number of rotatable bonds is 3. The molecular weight excluding hydrogens is 128 g/mol. The van der Waals surface area contributed by atoms with Crippen LogP contribution in [0, 0.1) is 0 Å². The lowest BCUT2D eigenvalue weighted by atomic mass is 10.3. The van der Waals surface area contributed by atoms with Gasteiger partial charge >= 0.3 is 0 Å². The molecule has 1 atom stereocenters. The van der Waals surface area contributed by atoms with Crippen LogP contribution < -0.4 is 0 Å². The van der Waals surface area contributed by atoms with Gasteiger partial charge < -0.3 is 5.11 Å². The van der Waals surface area contributed by atoms with Crippen LogP contribution in [-0.4, -0.2) is 21.0 Å². The van der Waals surface area contributed by atoms with Gasteiger partial charge in [-0.05, 0) is 19.4 Å². The maximum Gasteiger partial charge on any atom is 0.0529 e. The zero-order valence-electron chi connectivity index (χ0n) is 6.07. The van der Waals surface area contributed by atoms with Gasteiger partial charge in [-0.1, -0.05) is 0 Å². The molecule has 1 aromatic rings. The Morgan fingerprint density at radius 2 is 2.50 bits per heavy atom. The number of hydrogen-bond acceptors (Lipinski definition) is 2. The molecule has 1 rings (SSSR count). The van der Waals surface area contributed by atoms with Crippen LogP contribution in [0.4, 0.5) is 0 Å². The Kier molecular flexibility index (Phi) is 2.45. The van der Waals surface area contributed by atoms with Gasteiger partial charge in [0.25, 0.3) is 0 Å². The van der Waals surface area contributed by atoms with Gasteiger partial charge in [0.15, 0.2) is 0 Å². The van der Waals surface area contributed by atoms with E-state index in [-0.39, 0.29) is 6.10 Å². The second kappa shape index (κ2) is 3.37. The molecule has 3 heteroatoms. The van der Waals surface area contributed by atoms with Crippen molar-refractivity contribution in [3.63, 3.8) is 0 Å². The lowest BCUT2D eigenvalue weighted by Crippen LogP contribution is -2.06. The van der Waals surface area contributed by atoms with E-state index in [9.17, 15) is 0 Å². The van der Waals surface area contributed by atoms with Gasteiger partial charge in [0.1, 0.15) is 0 Å². The number of aliphatic hydroxyl groups is 1. The molecule has 1 heterocycles. The van der Waals surface area contributed by atoms with Crippen LogP contribution in [0.15, 0.2) is 18.5 Å². The van der Waals surface area contributed by atoms with Crippen molar-refractivity contribution in [2.75, 3.05) is 0 Å². The third kappa shape index (κ3) is 2.19. The summed E-state index contributed by atoms with van der Waals surface area (Å²) in [6.45, 7) is 2.58. The Balaban J connectivity index is 2.28. The molecular formula is C7H12N2O. The van der Waals surface area contributed by atoms with Crippen molar-refractivity contribution in [2.24, 2.45) is 0 Å². The third-order valence-electron chi connectivity index (χ3n) is 1.34. The first kappa shape index (κ1) is 7.28. The summed E-state index contributed by atoms with van der Waals surface area (Å²) < 4.78 is 1.81. The maximum atomic E-state index is 8.91. The first-order valence-corrected chi connectivity index (χ1v) is 3.44. The molecule has 0 amide bonds. The van der Waals surface area contributed by atoms with Crippen LogP contribution in [-0.2, 0) is 6.54 Å². The normalized spacial score (nSPS) is 13.4. The molecule has 3 nitrogen and oxygen atoms in total. The van der Waals surface area contributed by atoms with E-state index in [4.69, 9.17) is 5.11 Å². The van der Waals surface area contributed by atoms with E-state index in [2.05, 4.69) is 5.10 Å². The summed E-state index contributed by atoms with van der Waals surface area (Å²) in [6.07, 6.45) is 4.16. The maximum absolute atomic E-state index is 8.91. The van der Waals surface area contributed by atoms with Gasteiger partial charge in [0.05, 0.1) is 6.10 Å². The summed E-state index contributed by atoms with van der Waals surface area (Å²) in [5, 5.41) is 12.9. The lowest BCUT2D eigenvalue weighted by molar-refractivity contribution is 0.176. The number of aromatic nitrogens is 2. The molecule has 0 saturated heterocycles. The molecule has 0 unspecified atom stereocenters. The Morgan fingerprint density at radius 1 is 1.70 bits per heavy atom. The largest absolute Gasteiger partial charge is 0.393 e. The van der Waals surface area contributed by atoms with Crippen molar-refractivity contribution < 1.29 is 5.11 Å². The van der Waals surface area contributed by atoms with E-state index in [0.29, 0.717) is 0 Å². The third-order valence-corrected chi connectivity index (χ3v) is 1.34. The van der Waals surface area contributed by atoms with E-state index in [1.807, 2.05) is 16.9 Å². The molecule has 10 heavy (non-hydrogen) atoms. The Labute approximate surface area is 60.3 Å². The van der Waals surface area contributed by atoms with Gasteiger partial charge in [-0.15, -0.1) is 0 Å².